The summed E-state index contributed by atoms with van der Waals surface area (Å²) in [5, 5.41) is 21.3. The van der Waals surface area contributed by atoms with Crippen molar-refractivity contribution in [1.82, 2.24) is 0 Å². The fourth-order valence-electron chi connectivity index (χ4n) is 4.69. The number of benzene rings is 2. The number of phenols is 1. The van der Waals surface area contributed by atoms with E-state index in [0.717, 1.165) is 5.56 Å². The number of carbonyl (C=O) groups is 2. The minimum absolute atomic E-state index is 0.0384. The maximum atomic E-state index is 13.4. The quantitative estimate of drug-likeness (QED) is 0.440. The fourth-order valence-corrected chi connectivity index (χ4v) is 4.69. The minimum Gasteiger partial charge on any atom is -0.502 e. The number of aliphatic imine (C=N–C) groups is 1. The van der Waals surface area contributed by atoms with Crippen molar-refractivity contribution in [2.45, 2.75) is 31.6 Å². The molecular formula is C24H22N2O6. The molecule has 2 aromatic rings. The van der Waals surface area contributed by atoms with Crippen LogP contribution in [0.2, 0.25) is 0 Å². The molecule has 8 nitrogen and oxygen atoms in total. The summed E-state index contributed by atoms with van der Waals surface area (Å²) < 4.78 is 4.98. The first kappa shape index (κ1) is 21.4. The number of esters is 1. The number of aromatic hydroxyl groups is 1. The Morgan fingerprint density at radius 3 is 2.53 bits per heavy atom. The number of rotatable bonds is 4. The van der Waals surface area contributed by atoms with Crippen molar-refractivity contribution in [3.8, 4) is 5.75 Å². The maximum absolute atomic E-state index is 13.4. The summed E-state index contributed by atoms with van der Waals surface area (Å²) in [6, 6.07) is 13.6. The lowest BCUT2D eigenvalue weighted by Crippen LogP contribution is -2.37. The molecular weight excluding hydrogens is 412 g/mol. The van der Waals surface area contributed by atoms with Gasteiger partial charge in [0.05, 0.1) is 12.0 Å². The predicted molar refractivity (Wildman–Crippen MR) is 117 cm³/mol. The van der Waals surface area contributed by atoms with Crippen LogP contribution in [0.1, 0.15) is 42.7 Å². The van der Waals surface area contributed by atoms with Gasteiger partial charge in [-0.25, -0.2) is 0 Å². The second-order valence-electron chi connectivity index (χ2n) is 8.04. The molecule has 0 fully saturated rings. The Balaban J connectivity index is 1.86. The first-order chi connectivity index (χ1) is 15.3. The van der Waals surface area contributed by atoms with Gasteiger partial charge in [0.1, 0.15) is 5.92 Å². The number of phenolic OH excluding ortho intramolecular Hbond substituents is 1. The molecule has 1 aliphatic heterocycles. The molecule has 32 heavy (non-hydrogen) atoms. The van der Waals surface area contributed by atoms with Crippen LogP contribution in [0.3, 0.4) is 0 Å². The van der Waals surface area contributed by atoms with Crippen LogP contribution < -0.4 is 0 Å². The van der Waals surface area contributed by atoms with Crippen LogP contribution in [-0.4, -0.2) is 34.6 Å². The highest BCUT2D eigenvalue weighted by atomic mass is 16.6. The van der Waals surface area contributed by atoms with Crippen LogP contribution in [0.15, 0.2) is 64.8 Å². The van der Waals surface area contributed by atoms with E-state index < -0.39 is 34.2 Å². The number of hydrogen-bond acceptors (Lipinski definition) is 7. The molecule has 0 spiro atoms. The summed E-state index contributed by atoms with van der Waals surface area (Å²) in [5.41, 5.74) is 2.40. The Morgan fingerprint density at radius 1 is 1.16 bits per heavy atom. The van der Waals surface area contributed by atoms with Crippen LogP contribution in [-0.2, 0) is 14.3 Å². The van der Waals surface area contributed by atoms with E-state index in [2.05, 4.69) is 4.99 Å². The molecule has 0 radical (unpaired) electrons. The summed E-state index contributed by atoms with van der Waals surface area (Å²) >= 11 is 0. The minimum atomic E-state index is -0.889. The molecule has 0 saturated heterocycles. The number of nitrogens with zero attached hydrogens (tertiary/aromatic N) is 2. The van der Waals surface area contributed by atoms with E-state index in [1.54, 1.807) is 6.92 Å². The van der Waals surface area contributed by atoms with Crippen LogP contribution in [0.25, 0.3) is 0 Å². The third-order valence-electron chi connectivity index (χ3n) is 6.17. The van der Waals surface area contributed by atoms with E-state index >= 15 is 0 Å². The highest BCUT2D eigenvalue weighted by Gasteiger charge is 2.45. The zero-order valence-corrected chi connectivity index (χ0v) is 17.6. The van der Waals surface area contributed by atoms with Gasteiger partial charge in [-0.1, -0.05) is 36.4 Å². The molecule has 2 aliphatic rings. The number of hydrogen-bond donors (Lipinski definition) is 1. The number of allylic oxidation sites excluding steroid dienone is 2. The number of methoxy groups -OCH3 is 1. The van der Waals surface area contributed by atoms with Crippen molar-refractivity contribution in [3.05, 3.63) is 81.0 Å². The Bertz CT molecular complexity index is 1170. The number of nitro benzene ring substituents is 1. The SMILES string of the molecule is COC(=O)C1C(C)=NC2=C(C(=O)C[C@@H](c3ccccc3)C2)[C@@H]1c1ccc(O)c([N+](=O)[O-])c1. The van der Waals surface area contributed by atoms with E-state index in [0.29, 0.717) is 29.0 Å². The number of ether oxygens (including phenoxy) is 1. The molecule has 164 valence electrons. The third-order valence-corrected chi connectivity index (χ3v) is 6.17. The summed E-state index contributed by atoms with van der Waals surface area (Å²) in [4.78, 5) is 41.4. The average Bonchev–Trinajstić information content (AvgIpc) is 2.78. The first-order valence-electron chi connectivity index (χ1n) is 10.2. The Morgan fingerprint density at radius 2 is 1.88 bits per heavy atom. The number of carbonyl (C=O) groups excluding carboxylic acids is 2. The standard InChI is InChI=1S/C24H22N2O6/c1-13-21(24(29)32-2)22(15-8-9-19(27)18(11-15)26(30)31)23-17(25-13)10-16(12-20(23)28)14-6-4-3-5-7-14/h3-9,11,16,21-22,27H,10,12H2,1-2H3/t16-,21?,22+/m0/s1. The average molecular weight is 434 g/mol. The molecule has 1 N–H and O–H groups in total. The van der Waals surface area contributed by atoms with Gasteiger partial charge in [0.2, 0.25) is 0 Å². The van der Waals surface area contributed by atoms with Gasteiger partial charge >= 0.3 is 11.7 Å². The molecule has 3 atom stereocenters. The smallest absolute Gasteiger partial charge is 0.315 e. The van der Waals surface area contributed by atoms with E-state index in [9.17, 15) is 24.8 Å². The Hall–Kier alpha value is -3.81. The monoisotopic (exact) mass is 434 g/mol. The van der Waals surface area contributed by atoms with E-state index in [4.69, 9.17) is 4.74 Å². The normalized spacial score (nSPS) is 22.8. The summed E-state index contributed by atoms with van der Waals surface area (Å²) in [7, 11) is 1.25. The lowest BCUT2D eigenvalue weighted by atomic mass is 9.69. The van der Waals surface area contributed by atoms with Crippen molar-refractivity contribution in [2.24, 2.45) is 10.9 Å². The van der Waals surface area contributed by atoms with Crippen LogP contribution in [0.5, 0.6) is 5.75 Å². The van der Waals surface area contributed by atoms with Gasteiger partial charge < -0.3 is 9.84 Å². The number of Topliss-reactive ketones (excluding diaryl/α,β-unsaturated/α-hetero) is 1. The van der Waals surface area contributed by atoms with E-state index in [1.165, 1.54) is 25.3 Å². The number of nitro groups is 1. The van der Waals surface area contributed by atoms with Crippen molar-refractivity contribution < 1.29 is 24.4 Å². The van der Waals surface area contributed by atoms with Gasteiger partial charge in [-0.15, -0.1) is 0 Å². The van der Waals surface area contributed by atoms with Gasteiger partial charge in [-0.3, -0.25) is 24.7 Å². The van der Waals surface area contributed by atoms with Crippen molar-refractivity contribution in [1.29, 1.82) is 0 Å². The second kappa shape index (κ2) is 8.37. The van der Waals surface area contributed by atoms with Gasteiger partial charge in [0, 0.05) is 35.4 Å². The molecule has 2 aromatic carbocycles. The predicted octanol–water partition coefficient (Wildman–Crippen LogP) is 4.05. The summed E-state index contributed by atoms with van der Waals surface area (Å²) in [6.07, 6.45) is 0.773. The molecule has 4 rings (SSSR count). The Kier molecular flexibility index (Phi) is 5.61. The van der Waals surface area contributed by atoms with Crippen LogP contribution >= 0.6 is 0 Å². The molecule has 0 saturated carbocycles. The fraction of sp³-hybridized carbons (Fsp3) is 0.292. The largest absolute Gasteiger partial charge is 0.502 e. The first-order valence-corrected chi connectivity index (χ1v) is 10.2. The van der Waals surface area contributed by atoms with Crippen molar-refractivity contribution in [2.75, 3.05) is 7.11 Å². The Labute approximate surface area is 184 Å². The highest BCUT2D eigenvalue weighted by molar-refractivity contribution is 6.09. The van der Waals surface area contributed by atoms with E-state index in [1.807, 2.05) is 30.3 Å². The maximum Gasteiger partial charge on any atom is 0.315 e. The molecule has 1 heterocycles. The molecule has 8 heteroatoms. The lowest BCUT2D eigenvalue weighted by Gasteiger charge is -2.36. The molecule has 1 aliphatic carbocycles. The lowest BCUT2D eigenvalue weighted by molar-refractivity contribution is -0.385. The van der Waals surface area contributed by atoms with E-state index in [-0.39, 0.29) is 18.1 Å². The topological polar surface area (TPSA) is 119 Å². The third kappa shape index (κ3) is 3.68. The second-order valence-corrected chi connectivity index (χ2v) is 8.04. The van der Waals surface area contributed by atoms with Gasteiger partial charge in [-0.05, 0) is 36.5 Å². The summed E-state index contributed by atoms with van der Waals surface area (Å²) in [6.45, 7) is 1.70. The molecule has 0 bridgehead atoms. The van der Waals surface area contributed by atoms with Crippen LogP contribution in [0.4, 0.5) is 5.69 Å². The molecule has 0 aromatic heterocycles. The zero-order chi connectivity index (χ0) is 23.0. The molecule has 0 amide bonds. The summed E-state index contributed by atoms with van der Waals surface area (Å²) in [5.74, 6) is -2.91. The zero-order valence-electron chi connectivity index (χ0n) is 17.6. The highest BCUT2D eigenvalue weighted by Crippen LogP contribution is 2.47. The molecule has 1 unspecified atom stereocenters. The van der Waals surface area contributed by atoms with Crippen molar-refractivity contribution in [3.63, 3.8) is 0 Å². The van der Waals surface area contributed by atoms with Crippen LogP contribution in [0, 0.1) is 16.0 Å². The van der Waals surface area contributed by atoms with Gasteiger partial charge in [0.15, 0.2) is 11.5 Å². The number of ketones is 1. The van der Waals surface area contributed by atoms with Gasteiger partial charge in [0.25, 0.3) is 0 Å². The van der Waals surface area contributed by atoms with Crippen molar-refractivity contribution >= 4 is 23.2 Å². The van der Waals surface area contributed by atoms with Gasteiger partial charge in [-0.2, -0.15) is 0 Å².